The Labute approximate surface area is 139 Å². The van der Waals surface area contributed by atoms with Crippen molar-refractivity contribution < 1.29 is 9.59 Å². The highest BCUT2D eigenvalue weighted by molar-refractivity contribution is 6.58. The van der Waals surface area contributed by atoms with Crippen LogP contribution in [0.1, 0.15) is 17.5 Å². The molecule has 0 spiro atoms. The van der Waals surface area contributed by atoms with Crippen molar-refractivity contribution in [3.8, 4) is 0 Å². The molecule has 0 saturated heterocycles. The van der Waals surface area contributed by atoms with E-state index >= 15 is 0 Å². The molecule has 5 rings (SSSR count). The Hall–Kier alpha value is -3.00. The van der Waals surface area contributed by atoms with E-state index < -0.39 is 5.78 Å². The first-order valence-corrected chi connectivity index (χ1v) is 8.16. The van der Waals surface area contributed by atoms with Gasteiger partial charge in [0.2, 0.25) is 11.6 Å². The average Bonchev–Trinajstić information content (AvgIpc) is 2.61. The van der Waals surface area contributed by atoms with Gasteiger partial charge in [-0.15, -0.1) is 0 Å². The number of ketones is 2. The van der Waals surface area contributed by atoms with Crippen LogP contribution in [0.25, 0.3) is 27.1 Å². The van der Waals surface area contributed by atoms with Crippen molar-refractivity contribution >= 4 is 38.7 Å². The van der Waals surface area contributed by atoms with Gasteiger partial charge in [-0.3, -0.25) is 9.59 Å². The molecule has 0 unspecified atom stereocenters. The van der Waals surface area contributed by atoms with E-state index in [1.165, 1.54) is 22.2 Å². The van der Waals surface area contributed by atoms with E-state index in [0.29, 0.717) is 5.57 Å². The third-order valence-corrected chi connectivity index (χ3v) is 5.07. The number of hydrogen-bond acceptors (Lipinski definition) is 2. The topological polar surface area (TPSA) is 34.1 Å². The van der Waals surface area contributed by atoms with Gasteiger partial charge in [-0.25, -0.2) is 0 Å². The first-order valence-electron chi connectivity index (χ1n) is 8.16. The molecule has 2 aliphatic carbocycles. The highest BCUT2D eigenvalue weighted by atomic mass is 16.2. The lowest BCUT2D eigenvalue weighted by Crippen LogP contribution is -2.21. The Morgan fingerprint density at radius 3 is 2.17 bits per heavy atom. The summed E-state index contributed by atoms with van der Waals surface area (Å²) in [6.45, 7) is 0. The van der Waals surface area contributed by atoms with E-state index in [2.05, 4.69) is 36.4 Å². The van der Waals surface area contributed by atoms with Crippen LogP contribution >= 0.6 is 0 Å². The maximum Gasteiger partial charge on any atom is 0.233 e. The van der Waals surface area contributed by atoms with Crippen molar-refractivity contribution in [1.82, 2.24) is 0 Å². The number of carbonyl (C=O) groups is 2. The van der Waals surface area contributed by atoms with Gasteiger partial charge >= 0.3 is 0 Å². The van der Waals surface area contributed by atoms with Gasteiger partial charge in [-0.05, 0) is 75.4 Å². The van der Waals surface area contributed by atoms with Gasteiger partial charge in [0.1, 0.15) is 0 Å². The Morgan fingerprint density at radius 1 is 0.708 bits per heavy atom. The number of rotatable bonds is 0. The average molecular weight is 310 g/mol. The monoisotopic (exact) mass is 310 g/mol. The fraction of sp³-hybridized carbons (Fsp3) is 0.0909. The molecule has 0 bridgehead atoms. The second-order valence-corrected chi connectivity index (χ2v) is 6.48. The number of benzene rings is 3. The summed E-state index contributed by atoms with van der Waals surface area (Å²) < 4.78 is 0. The highest BCUT2D eigenvalue weighted by Crippen LogP contribution is 2.37. The van der Waals surface area contributed by atoms with Crippen LogP contribution in [-0.2, 0) is 16.0 Å². The lowest BCUT2D eigenvalue weighted by molar-refractivity contribution is -0.130. The molecular formula is C22H14O2. The summed E-state index contributed by atoms with van der Waals surface area (Å²) in [6.07, 6.45) is 4.94. The van der Waals surface area contributed by atoms with E-state index in [4.69, 9.17) is 0 Å². The fourth-order valence-corrected chi connectivity index (χ4v) is 3.86. The van der Waals surface area contributed by atoms with E-state index in [0.717, 1.165) is 34.9 Å². The molecular weight excluding hydrogens is 296 g/mol. The highest BCUT2D eigenvalue weighted by Gasteiger charge is 2.29. The molecule has 2 aliphatic rings. The molecule has 2 heteroatoms. The summed E-state index contributed by atoms with van der Waals surface area (Å²) in [6, 6.07) is 16.9. The van der Waals surface area contributed by atoms with Gasteiger partial charge < -0.3 is 0 Å². The molecule has 0 aliphatic heterocycles. The largest absolute Gasteiger partial charge is 0.286 e. The zero-order valence-corrected chi connectivity index (χ0v) is 13.0. The SMILES string of the molecule is O=C1C=CC2=C(C1=O)c1cc3cc4ccccc4cc3cc1CC2. The Morgan fingerprint density at radius 2 is 1.42 bits per heavy atom. The molecule has 3 aromatic rings. The maximum absolute atomic E-state index is 12.4. The fourth-order valence-electron chi connectivity index (χ4n) is 3.86. The second kappa shape index (κ2) is 4.75. The van der Waals surface area contributed by atoms with Crippen LogP contribution < -0.4 is 0 Å². The van der Waals surface area contributed by atoms with Crippen LogP contribution in [0.2, 0.25) is 0 Å². The molecule has 3 aromatic carbocycles. The van der Waals surface area contributed by atoms with Crippen molar-refractivity contribution in [2.24, 2.45) is 0 Å². The van der Waals surface area contributed by atoms with Gasteiger partial charge in [0.25, 0.3) is 0 Å². The van der Waals surface area contributed by atoms with E-state index in [1.807, 2.05) is 18.2 Å². The predicted molar refractivity (Wildman–Crippen MR) is 95.8 cm³/mol. The van der Waals surface area contributed by atoms with Crippen LogP contribution in [0.15, 0.2) is 66.3 Å². The number of Topliss-reactive ketones (excluding diaryl/α,β-unsaturated/α-hetero) is 1. The maximum atomic E-state index is 12.4. The molecule has 0 fully saturated rings. The minimum atomic E-state index is -0.416. The Bertz CT molecular complexity index is 1130. The van der Waals surface area contributed by atoms with E-state index in [9.17, 15) is 9.59 Å². The van der Waals surface area contributed by atoms with Crippen LogP contribution in [-0.4, -0.2) is 11.6 Å². The molecule has 0 N–H and O–H groups in total. The number of aryl methyl sites for hydroxylation is 1. The smallest absolute Gasteiger partial charge is 0.233 e. The van der Waals surface area contributed by atoms with Crippen molar-refractivity contribution in [2.45, 2.75) is 12.8 Å². The van der Waals surface area contributed by atoms with Crippen LogP contribution in [0, 0.1) is 0 Å². The molecule has 0 atom stereocenters. The molecule has 0 amide bonds. The third kappa shape index (κ3) is 1.83. The lowest BCUT2D eigenvalue weighted by Gasteiger charge is -2.23. The first kappa shape index (κ1) is 13.4. The third-order valence-electron chi connectivity index (χ3n) is 5.07. The van der Waals surface area contributed by atoms with E-state index in [-0.39, 0.29) is 5.78 Å². The summed E-state index contributed by atoms with van der Waals surface area (Å²) in [5.41, 5.74) is 3.70. The van der Waals surface area contributed by atoms with Crippen molar-refractivity contribution in [1.29, 1.82) is 0 Å². The Balaban J connectivity index is 1.82. The lowest BCUT2D eigenvalue weighted by atomic mass is 9.79. The molecule has 2 nitrogen and oxygen atoms in total. The summed E-state index contributed by atoms with van der Waals surface area (Å²) in [5, 5.41) is 4.69. The van der Waals surface area contributed by atoms with Gasteiger partial charge in [-0.2, -0.15) is 0 Å². The van der Waals surface area contributed by atoms with Gasteiger partial charge in [-0.1, -0.05) is 36.4 Å². The number of fused-ring (bicyclic) bond motifs is 4. The summed E-state index contributed by atoms with van der Waals surface area (Å²) >= 11 is 0. The van der Waals surface area contributed by atoms with Crippen molar-refractivity contribution in [2.75, 3.05) is 0 Å². The number of hydrogen-bond donors (Lipinski definition) is 0. The molecule has 0 saturated carbocycles. The summed E-state index contributed by atoms with van der Waals surface area (Å²) in [7, 11) is 0. The molecule has 0 radical (unpaired) electrons. The summed E-state index contributed by atoms with van der Waals surface area (Å²) in [5.74, 6) is -0.784. The minimum absolute atomic E-state index is 0.367. The molecule has 114 valence electrons. The Kier molecular flexibility index (Phi) is 2.66. The summed E-state index contributed by atoms with van der Waals surface area (Å²) in [4.78, 5) is 24.2. The van der Waals surface area contributed by atoms with Crippen LogP contribution in [0.4, 0.5) is 0 Å². The van der Waals surface area contributed by atoms with Crippen molar-refractivity contribution in [3.63, 3.8) is 0 Å². The first-order chi connectivity index (χ1) is 11.7. The van der Waals surface area contributed by atoms with E-state index in [1.54, 1.807) is 0 Å². The molecule has 0 heterocycles. The van der Waals surface area contributed by atoms with Gasteiger partial charge in [0.15, 0.2) is 0 Å². The minimum Gasteiger partial charge on any atom is -0.286 e. The van der Waals surface area contributed by atoms with Crippen molar-refractivity contribution in [3.05, 3.63) is 77.4 Å². The van der Waals surface area contributed by atoms with Crippen LogP contribution in [0.5, 0.6) is 0 Å². The number of carbonyl (C=O) groups excluding carboxylic acids is 2. The molecule has 0 aromatic heterocycles. The quantitative estimate of drug-likeness (QED) is 0.350. The zero-order valence-electron chi connectivity index (χ0n) is 13.0. The van der Waals surface area contributed by atoms with Gasteiger partial charge in [0.05, 0.1) is 0 Å². The second-order valence-electron chi connectivity index (χ2n) is 6.48. The zero-order chi connectivity index (χ0) is 16.3. The predicted octanol–water partition coefficient (Wildman–Crippen LogP) is 4.40. The normalized spacial score (nSPS) is 16.7. The number of allylic oxidation sites excluding steroid dienone is 4. The standard InChI is InChI=1S/C22H14O2/c23-20-8-7-13-5-6-16-11-17-9-14-3-1-2-4-15(14)10-18(17)12-19(16)21(13)22(20)24/h1-4,7-12H,5-6H2. The van der Waals surface area contributed by atoms with Crippen LogP contribution in [0.3, 0.4) is 0 Å². The van der Waals surface area contributed by atoms with Gasteiger partial charge in [0, 0.05) is 5.57 Å². The molecule has 24 heavy (non-hydrogen) atoms.